The van der Waals surface area contributed by atoms with Crippen molar-refractivity contribution in [2.24, 2.45) is 0 Å². The first-order valence-electron chi connectivity index (χ1n) is 6.23. The number of hydrogen-bond donors (Lipinski definition) is 2. The van der Waals surface area contributed by atoms with Crippen LogP contribution in [0.3, 0.4) is 0 Å². The molecule has 0 aromatic rings. The van der Waals surface area contributed by atoms with Crippen molar-refractivity contribution in [3.05, 3.63) is 0 Å². The van der Waals surface area contributed by atoms with E-state index in [0.29, 0.717) is 6.04 Å². The summed E-state index contributed by atoms with van der Waals surface area (Å²) in [5, 5.41) is 13.7. The summed E-state index contributed by atoms with van der Waals surface area (Å²) in [6, 6.07) is 0.606. The zero-order chi connectivity index (χ0) is 11.1. The molecule has 15 heavy (non-hydrogen) atoms. The van der Waals surface area contributed by atoms with Gasteiger partial charge >= 0.3 is 0 Å². The van der Waals surface area contributed by atoms with E-state index in [1.165, 1.54) is 25.7 Å². The van der Waals surface area contributed by atoms with Gasteiger partial charge in [-0.2, -0.15) is 11.8 Å². The molecule has 0 aromatic carbocycles. The van der Waals surface area contributed by atoms with Gasteiger partial charge in [-0.05, 0) is 25.0 Å². The third-order valence-corrected chi connectivity index (χ3v) is 4.31. The first-order valence-corrected chi connectivity index (χ1v) is 7.39. The van der Waals surface area contributed by atoms with Gasteiger partial charge in [0, 0.05) is 18.3 Å². The monoisotopic (exact) mass is 231 g/mol. The van der Waals surface area contributed by atoms with Crippen LogP contribution < -0.4 is 5.32 Å². The molecule has 1 saturated heterocycles. The molecular weight excluding hydrogens is 206 g/mol. The van der Waals surface area contributed by atoms with Gasteiger partial charge in [0.25, 0.3) is 0 Å². The van der Waals surface area contributed by atoms with E-state index in [1.807, 2.05) is 11.8 Å². The average Bonchev–Trinajstić information content (AvgIpc) is 2.63. The van der Waals surface area contributed by atoms with Crippen LogP contribution in [0, 0.1) is 0 Å². The van der Waals surface area contributed by atoms with Gasteiger partial charge < -0.3 is 10.4 Å². The fourth-order valence-corrected chi connectivity index (χ4v) is 3.41. The number of thioether (sulfide) groups is 1. The van der Waals surface area contributed by atoms with Gasteiger partial charge in [0.1, 0.15) is 0 Å². The summed E-state index contributed by atoms with van der Waals surface area (Å²) in [6.45, 7) is 5.24. The fourth-order valence-electron chi connectivity index (χ4n) is 2.12. The molecule has 0 spiro atoms. The Hall–Kier alpha value is 0.270. The highest BCUT2D eigenvalue weighted by atomic mass is 32.2. The summed E-state index contributed by atoms with van der Waals surface area (Å²) in [7, 11) is 0. The van der Waals surface area contributed by atoms with Crippen LogP contribution >= 0.6 is 11.8 Å². The molecule has 0 aromatic heterocycles. The number of nitrogens with one attached hydrogen (secondary N) is 1. The van der Waals surface area contributed by atoms with Gasteiger partial charge in [-0.1, -0.05) is 26.7 Å². The lowest BCUT2D eigenvalue weighted by Crippen LogP contribution is -2.44. The molecular formula is C12H25NOS. The lowest BCUT2D eigenvalue weighted by Gasteiger charge is -2.26. The lowest BCUT2D eigenvalue weighted by atomic mass is 10.0. The molecule has 2 N–H and O–H groups in total. The Balaban J connectivity index is 2.25. The summed E-state index contributed by atoms with van der Waals surface area (Å²) < 4.78 is 0. The maximum absolute atomic E-state index is 10.2. The Morgan fingerprint density at radius 1 is 1.33 bits per heavy atom. The van der Waals surface area contributed by atoms with E-state index >= 15 is 0 Å². The molecule has 0 radical (unpaired) electrons. The lowest BCUT2D eigenvalue weighted by molar-refractivity contribution is 0.0637. The highest BCUT2D eigenvalue weighted by Crippen LogP contribution is 2.27. The zero-order valence-electron chi connectivity index (χ0n) is 10.1. The molecule has 1 rings (SSSR count). The summed E-state index contributed by atoms with van der Waals surface area (Å²) in [4.78, 5) is 0. The molecule has 1 aliphatic rings. The van der Waals surface area contributed by atoms with Crippen LogP contribution in [-0.2, 0) is 0 Å². The molecule has 1 atom stereocenters. The van der Waals surface area contributed by atoms with E-state index in [2.05, 4.69) is 19.2 Å². The first kappa shape index (κ1) is 13.3. The minimum Gasteiger partial charge on any atom is -0.388 e. The average molecular weight is 231 g/mol. The van der Waals surface area contributed by atoms with E-state index in [-0.39, 0.29) is 0 Å². The predicted octanol–water partition coefficient (Wildman–Crippen LogP) is 2.41. The van der Waals surface area contributed by atoms with E-state index < -0.39 is 5.60 Å². The maximum atomic E-state index is 10.2. The van der Waals surface area contributed by atoms with Crippen molar-refractivity contribution < 1.29 is 5.11 Å². The van der Waals surface area contributed by atoms with Crippen LogP contribution in [0.1, 0.15) is 46.0 Å². The van der Waals surface area contributed by atoms with Crippen LogP contribution in [0.5, 0.6) is 0 Å². The molecule has 0 aliphatic carbocycles. The summed E-state index contributed by atoms with van der Waals surface area (Å²) in [5.74, 6) is 2.02. The van der Waals surface area contributed by atoms with Crippen molar-refractivity contribution in [1.29, 1.82) is 0 Å². The Morgan fingerprint density at radius 3 is 2.47 bits per heavy atom. The minimum atomic E-state index is -0.426. The van der Waals surface area contributed by atoms with Crippen LogP contribution in [-0.4, -0.2) is 34.8 Å². The van der Waals surface area contributed by atoms with Gasteiger partial charge in [0.05, 0.1) is 5.60 Å². The molecule has 3 heteroatoms. The van der Waals surface area contributed by atoms with Gasteiger partial charge in [0.15, 0.2) is 0 Å². The molecule has 90 valence electrons. The Kier molecular flexibility index (Phi) is 6.02. The second kappa shape index (κ2) is 6.77. The van der Waals surface area contributed by atoms with Crippen LogP contribution in [0.15, 0.2) is 0 Å². The summed E-state index contributed by atoms with van der Waals surface area (Å²) >= 11 is 1.87. The van der Waals surface area contributed by atoms with Crippen molar-refractivity contribution in [3.63, 3.8) is 0 Å². The van der Waals surface area contributed by atoms with E-state index in [9.17, 15) is 5.11 Å². The third kappa shape index (κ3) is 4.75. The Morgan fingerprint density at radius 2 is 2.00 bits per heavy atom. The normalized spacial score (nSPS) is 26.4. The van der Waals surface area contributed by atoms with E-state index in [1.54, 1.807) is 0 Å². The number of hydrogen-bond acceptors (Lipinski definition) is 3. The summed E-state index contributed by atoms with van der Waals surface area (Å²) in [6.07, 6.45) is 5.87. The van der Waals surface area contributed by atoms with Gasteiger partial charge in [-0.25, -0.2) is 0 Å². The van der Waals surface area contributed by atoms with E-state index in [0.717, 1.165) is 24.5 Å². The summed E-state index contributed by atoms with van der Waals surface area (Å²) in [5.41, 5.74) is -0.426. The van der Waals surface area contributed by atoms with Crippen LogP contribution in [0.4, 0.5) is 0 Å². The highest BCUT2D eigenvalue weighted by molar-refractivity contribution is 7.99. The zero-order valence-corrected chi connectivity index (χ0v) is 10.9. The molecule has 1 heterocycles. The highest BCUT2D eigenvalue weighted by Gasteiger charge is 2.31. The number of aliphatic hydroxyl groups is 1. The molecule has 0 saturated carbocycles. The van der Waals surface area contributed by atoms with Crippen molar-refractivity contribution >= 4 is 11.8 Å². The Labute approximate surface area is 98.2 Å². The molecule has 0 amide bonds. The molecule has 1 unspecified atom stereocenters. The second-order valence-electron chi connectivity index (χ2n) is 4.68. The third-order valence-electron chi connectivity index (χ3n) is 3.08. The van der Waals surface area contributed by atoms with Crippen LogP contribution in [0.25, 0.3) is 0 Å². The van der Waals surface area contributed by atoms with Crippen molar-refractivity contribution in [2.45, 2.75) is 57.6 Å². The molecule has 1 fully saturated rings. The SMILES string of the molecule is CCCC(CCC)NCC1(O)CCSC1. The minimum absolute atomic E-state index is 0.426. The molecule has 2 nitrogen and oxygen atoms in total. The maximum Gasteiger partial charge on any atom is 0.0869 e. The van der Waals surface area contributed by atoms with Crippen molar-refractivity contribution in [1.82, 2.24) is 5.32 Å². The fraction of sp³-hybridized carbons (Fsp3) is 1.00. The van der Waals surface area contributed by atoms with Crippen molar-refractivity contribution in [2.75, 3.05) is 18.1 Å². The second-order valence-corrected chi connectivity index (χ2v) is 5.79. The first-order chi connectivity index (χ1) is 7.20. The standard InChI is InChI=1S/C12H25NOS/c1-3-5-11(6-4-2)13-9-12(14)7-8-15-10-12/h11,13-14H,3-10H2,1-2H3. The largest absolute Gasteiger partial charge is 0.388 e. The molecule has 1 aliphatic heterocycles. The van der Waals surface area contributed by atoms with E-state index in [4.69, 9.17) is 0 Å². The van der Waals surface area contributed by atoms with Crippen LogP contribution in [0.2, 0.25) is 0 Å². The van der Waals surface area contributed by atoms with Gasteiger partial charge in [-0.3, -0.25) is 0 Å². The molecule has 0 bridgehead atoms. The predicted molar refractivity (Wildman–Crippen MR) is 68.5 cm³/mol. The van der Waals surface area contributed by atoms with Gasteiger partial charge in [-0.15, -0.1) is 0 Å². The Bertz CT molecular complexity index is 163. The topological polar surface area (TPSA) is 32.3 Å². The van der Waals surface area contributed by atoms with Gasteiger partial charge in [0.2, 0.25) is 0 Å². The quantitative estimate of drug-likeness (QED) is 0.706. The number of rotatable bonds is 7. The van der Waals surface area contributed by atoms with Crippen molar-refractivity contribution in [3.8, 4) is 0 Å². The smallest absolute Gasteiger partial charge is 0.0869 e.